The zero-order chi connectivity index (χ0) is 14.1. The average molecular weight is 271 g/mol. The van der Waals surface area contributed by atoms with E-state index in [1.54, 1.807) is 0 Å². The number of aryl methyl sites for hydroxylation is 1. The van der Waals surface area contributed by atoms with Crippen molar-refractivity contribution in [1.82, 2.24) is 5.32 Å². The van der Waals surface area contributed by atoms with Crippen LogP contribution in [0.5, 0.6) is 0 Å². The Morgan fingerprint density at radius 1 is 1.25 bits per heavy atom. The Bertz CT molecular complexity index is 586. The summed E-state index contributed by atoms with van der Waals surface area (Å²) in [5.41, 5.74) is 2.47. The van der Waals surface area contributed by atoms with Gasteiger partial charge in [-0.15, -0.1) is 0 Å². The number of para-hydroxylation sites is 1. The summed E-state index contributed by atoms with van der Waals surface area (Å²) in [6.45, 7) is 7.94. The van der Waals surface area contributed by atoms with Crippen LogP contribution < -0.4 is 5.32 Å². The molecule has 2 aromatic rings. The van der Waals surface area contributed by atoms with Crippen LogP contribution in [-0.2, 0) is 6.42 Å². The van der Waals surface area contributed by atoms with Gasteiger partial charge in [0.1, 0.15) is 11.3 Å². The van der Waals surface area contributed by atoms with Gasteiger partial charge in [-0.3, -0.25) is 0 Å². The largest absolute Gasteiger partial charge is 0.460 e. The van der Waals surface area contributed by atoms with Gasteiger partial charge in [0.05, 0.1) is 0 Å². The Kier molecular flexibility index (Phi) is 3.84. The number of benzene rings is 1. The van der Waals surface area contributed by atoms with Crippen molar-refractivity contribution in [2.24, 2.45) is 5.92 Å². The van der Waals surface area contributed by atoms with Gasteiger partial charge >= 0.3 is 0 Å². The van der Waals surface area contributed by atoms with E-state index < -0.39 is 0 Å². The van der Waals surface area contributed by atoms with E-state index in [-0.39, 0.29) is 0 Å². The summed E-state index contributed by atoms with van der Waals surface area (Å²) in [6.07, 6.45) is 3.48. The predicted molar refractivity (Wildman–Crippen MR) is 84.2 cm³/mol. The highest BCUT2D eigenvalue weighted by molar-refractivity contribution is 5.82. The Morgan fingerprint density at radius 2 is 2.05 bits per heavy atom. The molecule has 20 heavy (non-hydrogen) atoms. The Balaban J connectivity index is 1.85. The Hall–Kier alpha value is -1.28. The Morgan fingerprint density at radius 3 is 2.75 bits per heavy atom. The summed E-state index contributed by atoms with van der Waals surface area (Å²) in [5, 5.41) is 4.96. The van der Waals surface area contributed by atoms with Crippen LogP contribution in [0, 0.1) is 5.92 Å². The number of furan rings is 1. The van der Waals surface area contributed by atoms with Crippen molar-refractivity contribution in [3.8, 4) is 0 Å². The second-order valence-corrected chi connectivity index (χ2v) is 6.06. The number of hydrogen-bond acceptors (Lipinski definition) is 2. The van der Waals surface area contributed by atoms with Crippen molar-refractivity contribution >= 4 is 11.0 Å². The summed E-state index contributed by atoms with van der Waals surface area (Å²) in [7, 11) is 0. The second-order valence-electron chi connectivity index (χ2n) is 6.06. The van der Waals surface area contributed by atoms with Gasteiger partial charge in [0.2, 0.25) is 0 Å². The lowest BCUT2D eigenvalue weighted by atomic mass is 9.68. The third-order valence-corrected chi connectivity index (χ3v) is 4.85. The summed E-state index contributed by atoms with van der Waals surface area (Å²) in [5.74, 6) is 2.51. The fraction of sp³-hybridized carbons (Fsp3) is 0.556. The first kappa shape index (κ1) is 13.7. The predicted octanol–water partition coefficient (Wildman–Crippen LogP) is 4.49. The Labute approximate surface area is 121 Å². The molecule has 0 saturated heterocycles. The molecule has 0 bridgehead atoms. The van der Waals surface area contributed by atoms with Gasteiger partial charge in [-0.1, -0.05) is 39.0 Å². The first-order valence-corrected chi connectivity index (χ1v) is 7.99. The van der Waals surface area contributed by atoms with Crippen LogP contribution >= 0.6 is 0 Å². The second kappa shape index (κ2) is 5.61. The molecule has 3 rings (SSSR count). The molecule has 0 amide bonds. The molecule has 1 aromatic carbocycles. The molecule has 1 aliphatic rings. The molecule has 2 nitrogen and oxygen atoms in total. The van der Waals surface area contributed by atoms with Gasteiger partial charge in [-0.2, -0.15) is 0 Å². The number of hydrogen-bond donors (Lipinski definition) is 1. The maximum Gasteiger partial charge on any atom is 0.134 e. The minimum absolute atomic E-state index is 0.590. The fourth-order valence-corrected chi connectivity index (χ4v) is 3.51. The molecule has 3 atom stereocenters. The molecule has 2 heteroatoms. The highest BCUT2D eigenvalue weighted by Gasteiger charge is 2.41. The van der Waals surface area contributed by atoms with E-state index in [1.165, 1.54) is 29.6 Å². The van der Waals surface area contributed by atoms with E-state index in [0.29, 0.717) is 17.9 Å². The van der Waals surface area contributed by atoms with Gasteiger partial charge < -0.3 is 9.73 Å². The molecule has 1 heterocycles. The smallest absolute Gasteiger partial charge is 0.134 e. The zero-order valence-electron chi connectivity index (χ0n) is 12.8. The number of fused-ring (bicyclic) bond motifs is 1. The summed E-state index contributed by atoms with van der Waals surface area (Å²) in [4.78, 5) is 0. The highest BCUT2D eigenvalue weighted by Crippen LogP contribution is 2.46. The van der Waals surface area contributed by atoms with E-state index in [9.17, 15) is 0 Å². The maximum absolute atomic E-state index is 6.19. The molecule has 1 aliphatic carbocycles. The van der Waals surface area contributed by atoms with Crippen molar-refractivity contribution in [2.75, 3.05) is 6.54 Å². The van der Waals surface area contributed by atoms with Gasteiger partial charge in [0, 0.05) is 22.9 Å². The average Bonchev–Trinajstić information content (AvgIpc) is 2.83. The quantitative estimate of drug-likeness (QED) is 0.867. The van der Waals surface area contributed by atoms with Crippen molar-refractivity contribution in [3.05, 3.63) is 35.6 Å². The molecule has 1 N–H and O–H groups in total. The van der Waals surface area contributed by atoms with Crippen LogP contribution in [0.2, 0.25) is 0 Å². The minimum Gasteiger partial charge on any atom is -0.460 e. The molecule has 3 unspecified atom stereocenters. The topological polar surface area (TPSA) is 25.2 Å². The maximum atomic E-state index is 6.19. The molecule has 1 saturated carbocycles. The molecular formula is C18H25NO. The molecule has 1 fully saturated rings. The molecule has 0 radical (unpaired) electrons. The van der Waals surface area contributed by atoms with E-state index in [1.807, 2.05) is 0 Å². The van der Waals surface area contributed by atoms with Crippen LogP contribution in [-0.4, -0.2) is 12.6 Å². The van der Waals surface area contributed by atoms with Gasteiger partial charge in [0.25, 0.3) is 0 Å². The minimum atomic E-state index is 0.590. The third kappa shape index (κ3) is 2.16. The van der Waals surface area contributed by atoms with Crippen molar-refractivity contribution in [2.45, 2.75) is 52.0 Å². The zero-order valence-corrected chi connectivity index (χ0v) is 12.8. The normalized spacial score (nSPS) is 25.9. The fourth-order valence-electron chi connectivity index (χ4n) is 3.51. The monoisotopic (exact) mass is 271 g/mol. The summed E-state index contributed by atoms with van der Waals surface area (Å²) >= 11 is 0. The third-order valence-electron chi connectivity index (χ3n) is 4.85. The summed E-state index contributed by atoms with van der Waals surface area (Å²) < 4.78 is 6.19. The van der Waals surface area contributed by atoms with E-state index in [4.69, 9.17) is 4.42 Å². The van der Waals surface area contributed by atoms with Gasteiger partial charge in [0.15, 0.2) is 0 Å². The first-order chi connectivity index (χ1) is 9.76. The first-order valence-electron chi connectivity index (χ1n) is 7.99. The summed E-state index contributed by atoms with van der Waals surface area (Å²) in [6, 6.07) is 9.12. The van der Waals surface area contributed by atoms with Crippen molar-refractivity contribution in [3.63, 3.8) is 0 Å². The molecule has 108 valence electrons. The highest BCUT2D eigenvalue weighted by atomic mass is 16.3. The van der Waals surface area contributed by atoms with E-state index in [0.717, 1.165) is 18.5 Å². The number of rotatable bonds is 5. The lowest BCUT2D eigenvalue weighted by molar-refractivity contribution is 0.164. The molecule has 0 spiro atoms. The molecular weight excluding hydrogens is 246 g/mol. The van der Waals surface area contributed by atoms with Crippen LogP contribution in [0.3, 0.4) is 0 Å². The lowest BCUT2D eigenvalue weighted by Crippen LogP contribution is -2.48. The molecule has 1 aromatic heterocycles. The SMILES string of the molecule is CCCNC1CC(c2oc3ccccc3c2CC)C1C. The van der Waals surface area contributed by atoms with E-state index in [2.05, 4.69) is 50.4 Å². The van der Waals surface area contributed by atoms with Gasteiger partial charge in [-0.05, 0) is 37.8 Å². The van der Waals surface area contributed by atoms with Crippen LogP contribution in [0.4, 0.5) is 0 Å². The number of nitrogens with one attached hydrogen (secondary N) is 1. The van der Waals surface area contributed by atoms with Crippen LogP contribution in [0.25, 0.3) is 11.0 Å². The standard InChI is InChI=1S/C18H25NO/c1-4-10-19-16-11-15(12(16)3)18-13(5-2)14-8-6-7-9-17(14)20-18/h6-9,12,15-16,19H,4-5,10-11H2,1-3H3. The van der Waals surface area contributed by atoms with Crippen LogP contribution in [0.15, 0.2) is 28.7 Å². The van der Waals surface area contributed by atoms with Crippen molar-refractivity contribution < 1.29 is 4.42 Å². The van der Waals surface area contributed by atoms with Crippen molar-refractivity contribution in [1.29, 1.82) is 0 Å². The van der Waals surface area contributed by atoms with Gasteiger partial charge in [-0.25, -0.2) is 0 Å². The van der Waals surface area contributed by atoms with E-state index >= 15 is 0 Å². The lowest BCUT2D eigenvalue weighted by Gasteiger charge is -2.42. The molecule has 0 aliphatic heterocycles. The van der Waals surface area contributed by atoms with Crippen LogP contribution in [0.1, 0.15) is 50.9 Å².